The van der Waals surface area contributed by atoms with Crippen molar-refractivity contribution in [2.75, 3.05) is 6.54 Å². The van der Waals surface area contributed by atoms with Gasteiger partial charge in [0.2, 0.25) is 0 Å². The quantitative estimate of drug-likeness (QED) is 0.580. The van der Waals surface area contributed by atoms with Crippen LogP contribution in [0, 0.1) is 5.82 Å². The molecule has 0 aliphatic carbocycles. The lowest BCUT2D eigenvalue weighted by Crippen LogP contribution is -2.46. The lowest BCUT2D eigenvalue weighted by molar-refractivity contribution is -0.143. The van der Waals surface area contributed by atoms with Crippen molar-refractivity contribution >= 4 is 17.5 Å². The molecule has 1 saturated heterocycles. The summed E-state index contributed by atoms with van der Waals surface area (Å²) < 4.78 is 55.1. The fourth-order valence-corrected chi connectivity index (χ4v) is 3.98. The van der Waals surface area contributed by atoms with Gasteiger partial charge in [0.25, 0.3) is 5.91 Å². The molecule has 2 aromatic heterocycles. The number of likely N-dealkylation sites (tertiary alicyclic amines) is 1. The second-order valence-corrected chi connectivity index (χ2v) is 7.89. The molecule has 0 spiro atoms. The molecular weight excluding hydrogens is 444 g/mol. The van der Waals surface area contributed by atoms with Crippen LogP contribution in [0.1, 0.15) is 48.3 Å². The van der Waals surface area contributed by atoms with Crippen LogP contribution >= 0.6 is 0 Å². The molecule has 0 bridgehead atoms. The molecule has 7 nitrogen and oxygen atoms in total. The molecule has 3 aromatic rings. The van der Waals surface area contributed by atoms with Crippen LogP contribution in [0.5, 0.6) is 0 Å². The molecule has 1 atom stereocenters. The third-order valence-corrected chi connectivity index (χ3v) is 5.63. The smallest absolute Gasteiger partial charge is 0.433 e. The topological polar surface area (TPSA) is 87.8 Å². The molecule has 1 aliphatic heterocycles. The van der Waals surface area contributed by atoms with Gasteiger partial charge in [-0.05, 0) is 43.2 Å². The van der Waals surface area contributed by atoms with Crippen molar-refractivity contribution in [2.45, 2.75) is 44.3 Å². The summed E-state index contributed by atoms with van der Waals surface area (Å²) >= 11 is 0. The first-order valence-electron chi connectivity index (χ1n) is 10.4. The Morgan fingerprint density at radius 2 is 1.73 bits per heavy atom. The van der Waals surface area contributed by atoms with Crippen molar-refractivity contribution in [1.82, 2.24) is 19.5 Å². The molecule has 1 N–H and O–H groups in total. The Balaban J connectivity index is 1.79. The minimum atomic E-state index is -4.81. The van der Waals surface area contributed by atoms with E-state index in [4.69, 9.17) is 0 Å². The fraction of sp³-hybridized carbons (Fsp3) is 0.364. The van der Waals surface area contributed by atoms with Crippen LogP contribution in [0.3, 0.4) is 0 Å². The van der Waals surface area contributed by atoms with E-state index >= 15 is 0 Å². The van der Waals surface area contributed by atoms with Gasteiger partial charge in [-0.3, -0.25) is 4.79 Å². The van der Waals surface area contributed by atoms with E-state index in [0.717, 1.165) is 42.0 Å². The number of fused-ring (bicyclic) bond motifs is 1. The molecule has 4 rings (SSSR count). The number of benzene rings is 1. The highest BCUT2D eigenvalue weighted by atomic mass is 19.4. The Labute approximate surface area is 185 Å². The standard InChI is InChI=1S/C22H20F4N4O3/c23-14-8-6-13(7-9-14)15-11-18(22(24,25)26)30-19(27-15)12-16(28-30)20(31)29-10-4-2-1-3-5-17(29)21(32)33/h6-9,11-12,17H,1-5,10H2,(H,32,33). The lowest BCUT2D eigenvalue weighted by Gasteiger charge is -2.30. The number of rotatable bonds is 3. The maximum atomic E-state index is 13.8. The number of aromatic nitrogens is 3. The highest BCUT2D eigenvalue weighted by Crippen LogP contribution is 2.32. The molecule has 1 amide bonds. The normalized spacial score (nSPS) is 17.6. The second-order valence-electron chi connectivity index (χ2n) is 7.89. The summed E-state index contributed by atoms with van der Waals surface area (Å²) in [5.74, 6) is -2.47. The van der Waals surface area contributed by atoms with Crippen LogP contribution < -0.4 is 0 Å². The second kappa shape index (κ2) is 8.80. The summed E-state index contributed by atoms with van der Waals surface area (Å²) in [6.07, 6.45) is -1.66. The van der Waals surface area contributed by atoms with Crippen molar-refractivity contribution in [3.8, 4) is 11.3 Å². The van der Waals surface area contributed by atoms with Gasteiger partial charge in [-0.1, -0.05) is 19.3 Å². The predicted molar refractivity (Wildman–Crippen MR) is 109 cm³/mol. The molecule has 1 aromatic carbocycles. The number of carboxylic acids is 1. The van der Waals surface area contributed by atoms with Crippen LogP contribution in [0.25, 0.3) is 16.9 Å². The zero-order valence-corrected chi connectivity index (χ0v) is 17.3. The van der Waals surface area contributed by atoms with E-state index in [1.54, 1.807) is 0 Å². The fourth-order valence-electron chi connectivity index (χ4n) is 3.98. The number of amides is 1. The summed E-state index contributed by atoms with van der Waals surface area (Å²) in [7, 11) is 0. The van der Waals surface area contributed by atoms with Crippen LogP contribution in [0.2, 0.25) is 0 Å². The van der Waals surface area contributed by atoms with Gasteiger partial charge in [-0.2, -0.15) is 18.3 Å². The van der Waals surface area contributed by atoms with Gasteiger partial charge in [-0.25, -0.2) is 18.7 Å². The van der Waals surface area contributed by atoms with E-state index in [1.165, 1.54) is 12.1 Å². The van der Waals surface area contributed by atoms with Gasteiger partial charge >= 0.3 is 12.1 Å². The van der Waals surface area contributed by atoms with E-state index in [-0.39, 0.29) is 35.6 Å². The Morgan fingerprint density at radius 1 is 1.03 bits per heavy atom. The Morgan fingerprint density at radius 3 is 2.39 bits per heavy atom. The van der Waals surface area contributed by atoms with Crippen LogP contribution in [0.4, 0.5) is 17.6 Å². The van der Waals surface area contributed by atoms with Crippen molar-refractivity contribution < 1.29 is 32.3 Å². The monoisotopic (exact) mass is 464 g/mol. The number of carbonyl (C=O) groups excluding carboxylic acids is 1. The summed E-state index contributed by atoms with van der Waals surface area (Å²) in [6.45, 7) is 0.171. The Hall–Kier alpha value is -3.50. The van der Waals surface area contributed by atoms with E-state index in [2.05, 4.69) is 10.1 Å². The van der Waals surface area contributed by atoms with E-state index in [9.17, 15) is 32.3 Å². The maximum Gasteiger partial charge on any atom is 0.433 e. The number of nitrogens with zero attached hydrogens (tertiary/aromatic N) is 4. The van der Waals surface area contributed by atoms with Gasteiger partial charge in [0.05, 0.1) is 5.69 Å². The minimum absolute atomic E-state index is 0.0663. The molecule has 174 valence electrons. The third-order valence-electron chi connectivity index (χ3n) is 5.63. The van der Waals surface area contributed by atoms with Crippen molar-refractivity contribution in [1.29, 1.82) is 0 Å². The molecule has 11 heteroatoms. The molecule has 0 radical (unpaired) electrons. The summed E-state index contributed by atoms with van der Waals surface area (Å²) in [5.41, 5.74) is -1.52. The molecule has 0 saturated carbocycles. The van der Waals surface area contributed by atoms with Gasteiger partial charge in [0, 0.05) is 18.2 Å². The summed E-state index contributed by atoms with van der Waals surface area (Å²) in [5, 5.41) is 13.4. The first-order valence-corrected chi connectivity index (χ1v) is 10.4. The third kappa shape index (κ3) is 4.67. The number of alkyl halides is 3. The van der Waals surface area contributed by atoms with E-state index < -0.39 is 35.6 Å². The van der Waals surface area contributed by atoms with Crippen molar-refractivity contribution in [2.24, 2.45) is 0 Å². The Bertz CT molecular complexity index is 1190. The zero-order chi connectivity index (χ0) is 23.8. The van der Waals surface area contributed by atoms with Gasteiger partial charge in [0.1, 0.15) is 11.9 Å². The molecule has 1 fully saturated rings. The molecule has 1 unspecified atom stereocenters. The first-order chi connectivity index (χ1) is 15.6. The molecule has 3 heterocycles. The highest BCUT2D eigenvalue weighted by Gasteiger charge is 2.37. The maximum absolute atomic E-state index is 13.8. The first kappa shape index (κ1) is 22.7. The van der Waals surface area contributed by atoms with Crippen LogP contribution in [0.15, 0.2) is 36.4 Å². The summed E-state index contributed by atoms with van der Waals surface area (Å²) in [4.78, 5) is 30.2. The van der Waals surface area contributed by atoms with Gasteiger partial charge in [0.15, 0.2) is 17.0 Å². The minimum Gasteiger partial charge on any atom is -0.480 e. The van der Waals surface area contributed by atoms with Crippen molar-refractivity contribution in [3.05, 3.63) is 53.6 Å². The highest BCUT2D eigenvalue weighted by molar-refractivity contribution is 5.96. The molecule has 1 aliphatic rings. The molecular formula is C22H20F4N4O3. The largest absolute Gasteiger partial charge is 0.480 e. The van der Waals surface area contributed by atoms with Gasteiger partial charge in [-0.15, -0.1) is 0 Å². The average molecular weight is 464 g/mol. The van der Waals surface area contributed by atoms with E-state index in [1.807, 2.05) is 0 Å². The zero-order valence-electron chi connectivity index (χ0n) is 17.3. The SMILES string of the molecule is O=C(O)C1CCCCCCN1C(=O)c1cc2nc(-c3ccc(F)cc3)cc(C(F)(F)F)n2n1. The lowest BCUT2D eigenvalue weighted by atomic mass is 10.0. The number of carbonyl (C=O) groups is 2. The predicted octanol–water partition coefficient (Wildman–Crippen LogP) is 4.41. The average Bonchev–Trinajstić information content (AvgIpc) is 3.16. The van der Waals surface area contributed by atoms with Gasteiger partial charge < -0.3 is 10.0 Å². The number of halogens is 4. The Kier molecular flexibility index (Phi) is 6.05. The molecule has 33 heavy (non-hydrogen) atoms. The number of aliphatic carboxylic acids is 1. The van der Waals surface area contributed by atoms with Crippen molar-refractivity contribution in [3.63, 3.8) is 0 Å². The number of hydrogen-bond acceptors (Lipinski definition) is 4. The van der Waals surface area contributed by atoms with E-state index in [0.29, 0.717) is 17.4 Å². The number of hydrogen-bond donors (Lipinski definition) is 1. The number of carboxylic acid groups (broad SMARTS) is 1. The summed E-state index contributed by atoms with van der Waals surface area (Å²) in [6, 6.07) is 5.62. The van der Waals surface area contributed by atoms with Crippen LogP contribution in [-0.4, -0.2) is 49.1 Å². The van der Waals surface area contributed by atoms with Crippen LogP contribution in [-0.2, 0) is 11.0 Å².